The summed E-state index contributed by atoms with van der Waals surface area (Å²) in [6, 6.07) is 7.23. The number of benzene rings is 1. The van der Waals surface area contributed by atoms with Gasteiger partial charge in [0, 0.05) is 6.54 Å². The fraction of sp³-hybridized carbons (Fsp3) is 0.467. The van der Waals surface area contributed by atoms with Gasteiger partial charge in [-0.15, -0.1) is 0 Å². The number of para-hydroxylation sites is 2. The number of anilines is 1. The standard InChI is InChI=1S/C15H20N2O4/c1-16(2)8-5-9-17-11-6-3-4-7-12(11)21-13(15(17)20)10-14(18)19/h3-4,6-7,13H,5,8-10H2,1-2H3,(H,18,19). The van der Waals surface area contributed by atoms with Crippen molar-refractivity contribution in [2.75, 3.05) is 32.1 Å². The van der Waals surface area contributed by atoms with Gasteiger partial charge in [-0.1, -0.05) is 12.1 Å². The van der Waals surface area contributed by atoms with Gasteiger partial charge in [0.15, 0.2) is 6.10 Å². The molecule has 6 nitrogen and oxygen atoms in total. The molecule has 1 aliphatic heterocycles. The lowest BCUT2D eigenvalue weighted by Gasteiger charge is -2.34. The number of fused-ring (bicyclic) bond motifs is 1. The zero-order chi connectivity index (χ0) is 15.4. The van der Waals surface area contributed by atoms with Gasteiger partial charge in [-0.25, -0.2) is 0 Å². The van der Waals surface area contributed by atoms with E-state index >= 15 is 0 Å². The molecule has 0 aromatic heterocycles. The minimum absolute atomic E-state index is 0.283. The molecule has 0 aliphatic carbocycles. The molecule has 1 heterocycles. The van der Waals surface area contributed by atoms with E-state index in [9.17, 15) is 9.59 Å². The van der Waals surface area contributed by atoms with Gasteiger partial charge in [-0.3, -0.25) is 9.59 Å². The fourth-order valence-corrected chi connectivity index (χ4v) is 2.34. The Bertz CT molecular complexity index is 530. The van der Waals surface area contributed by atoms with Crippen molar-refractivity contribution >= 4 is 17.6 Å². The van der Waals surface area contributed by atoms with Crippen LogP contribution >= 0.6 is 0 Å². The lowest BCUT2D eigenvalue weighted by atomic mass is 10.1. The minimum atomic E-state index is -1.04. The van der Waals surface area contributed by atoms with Gasteiger partial charge in [0.25, 0.3) is 5.91 Å². The summed E-state index contributed by atoms with van der Waals surface area (Å²) < 4.78 is 5.53. The maximum Gasteiger partial charge on any atom is 0.307 e. The number of nitrogens with zero attached hydrogens (tertiary/aromatic N) is 2. The molecule has 21 heavy (non-hydrogen) atoms. The summed E-state index contributed by atoms with van der Waals surface area (Å²) in [5, 5.41) is 8.91. The molecule has 0 bridgehead atoms. The number of hydrogen-bond acceptors (Lipinski definition) is 4. The number of carbonyl (C=O) groups is 2. The number of carboxylic acids is 1. The summed E-state index contributed by atoms with van der Waals surface area (Å²) in [6.07, 6.45) is -0.457. The highest BCUT2D eigenvalue weighted by atomic mass is 16.5. The molecule has 1 amide bonds. The molecule has 2 rings (SSSR count). The summed E-state index contributed by atoms with van der Waals surface area (Å²) >= 11 is 0. The first-order chi connectivity index (χ1) is 9.99. The molecule has 1 aromatic carbocycles. The highest BCUT2D eigenvalue weighted by Crippen LogP contribution is 2.34. The number of aliphatic carboxylic acids is 1. The number of carbonyl (C=O) groups excluding carboxylic acids is 1. The van der Waals surface area contributed by atoms with E-state index < -0.39 is 12.1 Å². The molecule has 0 fully saturated rings. The number of ether oxygens (including phenoxy) is 1. The maximum absolute atomic E-state index is 12.4. The Morgan fingerprint density at radius 2 is 2.10 bits per heavy atom. The quantitative estimate of drug-likeness (QED) is 0.853. The van der Waals surface area contributed by atoms with Crippen molar-refractivity contribution in [1.82, 2.24) is 4.90 Å². The lowest BCUT2D eigenvalue weighted by molar-refractivity contribution is -0.142. The van der Waals surface area contributed by atoms with Crippen LogP contribution in [0.5, 0.6) is 5.75 Å². The topological polar surface area (TPSA) is 70.1 Å². The number of hydrogen-bond donors (Lipinski definition) is 1. The van der Waals surface area contributed by atoms with Crippen molar-refractivity contribution < 1.29 is 19.4 Å². The van der Waals surface area contributed by atoms with Crippen molar-refractivity contribution in [2.45, 2.75) is 18.9 Å². The van der Waals surface area contributed by atoms with Crippen LogP contribution in [-0.4, -0.2) is 55.2 Å². The van der Waals surface area contributed by atoms with E-state index in [1.807, 2.05) is 37.2 Å². The molecule has 1 aliphatic rings. The van der Waals surface area contributed by atoms with E-state index in [4.69, 9.17) is 9.84 Å². The van der Waals surface area contributed by atoms with Crippen molar-refractivity contribution in [3.8, 4) is 5.75 Å². The van der Waals surface area contributed by atoms with E-state index in [-0.39, 0.29) is 12.3 Å². The zero-order valence-corrected chi connectivity index (χ0v) is 12.3. The fourth-order valence-electron chi connectivity index (χ4n) is 2.34. The van der Waals surface area contributed by atoms with Crippen molar-refractivity contribution in [1.29, 1.82) is 0 Å². The first-order valence-electron chi connectivity index (χ1n) is 6.92. The third-order valence-corrected chi connectivity index (χ3v) is 3.31. The van der Waals surface area contributed by atoms with E-state index in [2.05, 4.69) is 0 Å². The monoisotopic (exact) mass is 292 g/mol. The zero-order valence-electron chi connectivity index (χ0n) is 12.3. The number of amides is 1. The average molecular weight is 292 g/mol. The molecule has 0 saturated heterocycles. The molecule has 1 atom stereocenters. The second-order valence-electron chi connectivity index (χ2n) is 5.32. The Hall–Kier alpha value is -2.08. The molecular weight excluding hydrogens is 272 g/mol. The molecule has 0 saturated carbocycles. The Kier molecular flexibility index (Phi) is 4.80. The third kappa shape index (κ3) is 3.72. The molecule has 1 aromatic rings. The summed E-state index contributed by atoms with van der Waals surface area (Å²) in [6.45, 7) is 1.41. The molecule has 0 radical (unpaired) electrons. The number of rotatable bonds is 6. The van der Waals surface area contributed by atoms with Gasteiger partial charge in [-0.05, 0) is 39.2 Å². The average Bonchev–Trinajstić information content (AvgIpc) is 2.41. The highest BCUT2D eigenvalue weighted by Gasteiger charge is 2.35. The Morgan fingerprint density at radius 3 is 2.76 bits per heavy atom. The van der Waals surface area contributed by atoms with Crippen LogP contribution in [0.4, 0.5) is 5.69 Å². The lowest BCUT2D eigenvalue weighted by Crippen LogP contribution is -2.47. The number of carboxylic acid groups (broad SMARTS) is 1. The van der Waals surface area contributed by atoms with Gasteiger partial charge in [0.2, 0.25) is 0 Å². The van der Waals surface area contributed by atoms with E-state index in [0.717, 1.165) is 13.0 Å². The largest absolute Gasteiger partial charge is 0.481 e. The summed E-state index contributed by atoms with van der Waals surface area (Å²) in [5.74, 6) is -0.760. The van der Waals surface area contributed by atoms with Crippen LogP contribution in [0.15, 0.2) is 24.3 Å². The molecule has 1 N–H and O–H groups in total. The van der Waals surface area contributed by atoms with Crippen molar-refractivity contribution in [3.63, 3.8) is 0 Å². The first kappa shape index (κ1) is 15.3. The smallest absolute Gasteiger partial charge is 0.307 e. The van der Waals surface area contributed by atoms with Crippen LogP contribution < -0.4 is 9.64 Å². The van der Waals surface area contributed by atoms with Crippen LogP contribution in [0, 0.1) is 0 Å². The van der Waals surface area contributed by atoms with Gasteiger partial charge in [0.1, 0.15) is 5.75 Å². The van der Waals surface area contributed by atoms with Crippen LogP contribution in [0.1, 0.15) is 12.8 Å². The van der Waals surface area contributed by atoms with Gasteiger partial charge in [0.05, 0.1) is 12.1 Å². The summed E-state index contributed by atoms with van der Waals surface area (Å²) in [7, 11) is 3.95. The van der Waals surface area contributed by atoms with E-state index in [1.165, 1.54) is 0 Å². The second kappa shape index (κ2) is 6.58. The third-order valence-electron chi connectivity index (χ3n) is 3.31. The van der Waals surface area contributed by atoms with Crippen LogP contribution in [0.25, 0.3) is 0 Å². The van der Waals surface area contributed by atoms with Crippen molar-refractivity contribution in [2.24, 2.45) is 0 Å². The summed E-state index contributed by atoms with van der Waals surface area (Å²) in [4.78, 5) is 27.0. The van der Waals surface area contributed by atoms with Crippen LogP contribution in [0.3, 0.4) is 0 Å². The predicted molar refractivity (Wildman–Crippen MR) is 78.6 cm³/mol. The summed E-state index contributed by atoms with van der Waals surface area (Å²) in [5.41, 5.74) is 0.711. The molecule has 1 unspecified atom stereocenters. The Labute approximate surface area is 123 Å². The van der Waals surface area contributed by atoms with E-state index in [0.29, 0.717) is 18.0 Å². The SMILES string of the molecule is CN(C)CCCN1C(=O)C(CC(=O)O)Oc2ccccc21. The van der Waals surface area contributed by atoms with Gasteiger partial charge < -0.3 is 19.6 Å². The first-order valence-corrected chi connectivity index (χ1v) is 6.92. The van der Waals surface area contributed by atoms with Crippen LogP contribution in [0.2, 0.25) is 0 Å². The Morgan fingerprint density at radius 1 is 1.38 bits per heavy atom. The molecule has 114 valence electrons. The van der Waals surface area contributed by atoms with Crippen molar-refractivity contribution in [3.05, 3.63) is 24.3 Å². The maximum atomic E-state index is 12.4. The molecular formula is C15H20N2O4. The normalized spacial score (nSPS) is 17.6. The highest BCUT2D eigenvalue weighted by molar-refractivity contribution is 6.01. The van der Waals surface area contributed by atoms with Gasteiger partial charge in [-0.2, -0.15) is 0 Å². The molecule has 6 heteroatoms. The van der Waals surface area contributed by atoms with Crippen LogP contribution in [-0.2, 0) is 9.59 Å². The van der Waals surface area contributed by atoms with E-state index in [1.54, 1.807) is 11.0 Å². The Balaban J connectivity index is 2.18. The second-order valence-corrected chi connectivity index (χ2v) is 5.32. The predicted octanol–water partition coefficient (Wildman–Crippen LogP) is 1.21. The minimum Gasteiger partial charge on any atom is -0.481 e. The molecule has 0 spiro atoms. The van der Waals surface area contributed by atoms with Gasteiger partial charge >= 0.3 is 5.97 Å².